The second-order valence-electron chi connectivity index (χ2n) is 5.82. The largest absolute Gasteiger partial charge is 0.354 e. The van der Waals surface area contributed by atoms with Crippen molar-refractivity contribution in [2.24, 2.45) is 0 Å². The molecule has 0 aliphatic carbocycles. The molecule has 1 aromatic heterocycles. The number of carbonyl (C=O) groups is 1. The molecule has 1 amide bonds. The molecule has 0 radical (unpaired) electrons. The average Bonchev–Trinajstić information content (AvgIpc) is 2.94. The van der Waals surface area contributed by atoms with E-state index in [2.05, 4.69) is 53.2 Å². The van der Waals surface area contributed by atoms with Crippen LogP contribution in [0.4, 0.5) is 0 Å². The molecule has 0 aliphatic rings. The van der Waals surface area contributed by atoms with Gasteiger partial charge in [0.15, 0.2) is 0 Å². The normalized spacial score (nSPS) is 11.2. The van der Waals surface area contributed by atoms with Gasteiger partial charge >= 0.3 is 0 Å². The minimum Gasteiger partial charge on any atom is -0.354 e. The minimum atomic E-state index is 0.139. The van der Waals surface area contributed by atoms with Crippen molar-refractivity contribution in [3.05, 3.63) is 36.5 Å². The number of aromatic nitrogens is 1. The first-order valence-electron chi connectivity index (χ1n) is 8.20. The molecule has 4 heteroatoms. The number of amides is 1. The van der Waals surface area contributed by atoms with Crippen molar-refractivity contribution < 1.29 is 4.79 Å². The van der Waals surface area contributed by atoms with Gasteiger partial charge in [0, 0.05) is 37.8 Å². The number of carbonyl (C=O) groups excluding carboxylic acids is 1. The molecular weight excluding hydrogens is 274 g/mol. The lowest BCUT2D eigenvalue weighted by Crippen LogP contribution is -2.31. The Morgan fingerprint density at radius 3 is 2.86 bits per heavy atom. The Morgan fingerprint density at radius 2 is 2.05 bits per heavy atom. The van der Waals surface area contributed by atoms with Crippen LogP contribution in [0.3, 0.4) is 0 Å². The molecule has 22 heavy (non-hydrogen) atoms. The van der Waals surface area contributed by atoms with Crippen molar-refractivity contribution in [3.63, 3.8) is 0 Å². The molecule has 0 fully saturated rings. The summed E-state index contributed by atoms with van der Waals surface area (Å²) in [6, 6.07) is 10.4. The van der Waals surface area contributed by atoms with Gasteiger partial charge in [0.25, 0.3) is 0 Å². The molecule has 0 saturated carbocycles. The summed E-state index contributed by atoms with van der Waals surface area (Å²) >= 11 is 0. The van der Waals surface area contributed by atoms with Crippen molar-refractivity contribution >= 4 is 16.8 Å². The van der Waals surface area contributed by atoms with Gasteiger partial charge in [0.05, 0.1) is 0 Å². The predicted molar refractivity (Wildman–Crippen MR) is 92.0 cm³/mol. The number of rotatable bonds is 9. The predicted octanol–water partition coefficient (Wildman–Crippen LogP) is 2.88. The van der Waals surface area contributed by atoms with Crippen molar-refractivity contribution in [2.45, 2.75) is 32.7 Å². The zero-order chi connectivity index (χ0) is 15.8. The Kier molecular flexibility index (Phi) is 6.46. The highest BCUT2D eigenvalue weighted by atomic mass is 16.1. The van der Waals surface area contributed by atoms with Gasteiger partial charge in [-0.1, -0.05) is 31.5 Å². The zero-order valence-corrected chi connectivity index (χ0v) is 13.7. The van der Waals surface area contributed by atoms with Crippen LogP contribution in [0.1, 0.15) is 26.2 Å². The van der Waals surface area contributed by atoms with E-state index in [0.717, 1.165) is 19.6 Å². The number of para-hydroxylation sites is 1. The summed E-state index contributed by atoms with van der Waals surface area (Å²) in [5, 5.41) is 4.25. The van der Waals surface area contributed by atoms with Crippen LogP contribution in [0, 0.1) is 0 Å². The molecule has 2 rings (SSSR count). The first-order chi connectivity index (χ1) is 10.7. The lowest BCUT2D eigenvalue weighted by Gasteiger charge is -2.15. The SMILES string of the molecule is CCCCN(C)CCC(=O)NCCn1ccc2ccccc21. The van der Waals surface area contributed by atoms with E-state index in [4.69, 9.17) is 0 Å². The van der Waals surface area contributed by atoms with Crippen LogP contribution in [0.25, 0.3) is 10.9 Å². The van der Waals surface area contributed by atoms with E-state index in [-0.39, 0.29) is 5.91 Å². The number of nitrogens with one attached hydrogen (secondary N) is 1. The van der Waals surface area contributed by atoms with Crippen LogP contribution in [0.15, 0.2) is 36.5 Å². The minimum absolute atomic E-state index is 0.139. The number of nitrogens with zero attached hydrogens (tertiary/aromatic N) is 2. The third kappa shape index (κ3) is 4.88. The van der Waals surface area contributed by atoms with Crippen LogP contribution >= 0.6 is 0 Å². The van der Waals surface area contributed by atoms with Gasteiger partial charge in [-0.3, -0.25) is 4.79 Å². The Labute approximate surface area is 133 Å². The quantitative estimate of drug-likeness (QED) is 0.773. The van der Waals surface area contributed by atoms with Gasteiger partial charge in [0.2, 0.25) is 5.91 Å². The Bertz CT molecular complexity index is 591. The fraction of sp³-hybridized carbons (Fsp3) is 0.500. The smallest absolute Gasteiger partial charge is 0.221 e. The van der Waals surface area contributed by atoms with Crippen LogP contribution < -0.4 is 5.32 Å². The van der Waals surface area contributed by atoms with E-state index < -0.39 is 0 Å². The van der Waals surface area contributed by atoms with E-state index in [1.165, 1.54) is 23.7 Å². The molecule has 0 aliphatic heterocycles. The van der Waals surface area contributed by atoms with Gasteiger partial charge < -0.3 is 14.8 Å². The standard InChI is InChI=1S/C18H27N3O/c1-3-4-12-20(2)13-10-18(22)19-11-15-21-14-9-16-7-5-6-8-17(16)21/h5-9,14H,3-4,10-13,15H2,1-2H3,(H,19,22). The van der Waals surface area contributed by atoms with Gasteiger partial charge in [0.1, 0.15) is 0 Å². The third-order valence-electron chi connectivity index (χ3n) is 3.97. The van der Waals surface area contributed by atoms with E-state index in [1.807, 2.05) is 12.1 Å². The molecule has 0 saturated heterocycles. The number of hydrogen-bond acceptors (Lipinski definition) is 2. The second-order valence-corrected chi connectivity index (χ2v) is 5.82. The molecule has 1 aromatic carbocycles. The Morgan fingerprint density at radius 1 is 1.23 bits per heavy atom. The summed E-state index contributed by atoms with van der Waals surface area (Å²) in [4.78, 5) is 14.1. The molecule has 4 nitrogen and oxygen atoms in total. The molecule has 0 spiro atoms. The topological polar surface area (TPSA) is 37.3 Å². The summed E-state index contributed by atoms with van der Waals surface area (Å²) < 4.78 is 2.18. The zero-order valence-electron chi connectivity index (χ0n) is 13.7. The molecular formula is C18H27N3O. The highest BCUT2D eigenvalue weighted by Gasteiger charge is 2.04. The van der Waals surface area contributed by atoms with Gasteiger partial charge in [-0.25, -0.2) is 0 Å². The van der Waals surface area contributed by atoms with Crippen LogP contribution in [0.5, 0.6) is 0 Å². The summed E-state index contributed by atoms with van der Waals surface area (Å²) in [5.74, 6) is 0.139. The first-order valence-corrected chi connectivity index (χ1v) is 8.20. The number of hydrogen-bond donors (Lipinski definition) is 1. The average molecular weight is 301 g/mol. The lowest BCUT2D eigenvalue weighted by molar-refractivity contribution is -0.121. The summed E-state index contributed by atoms with van der Waals surface area (Å²) in [6.07, 6.45) is 5.04. The lowest BCUT2D eigenvalue weighted by atomic mass is 10.2. The van der Waals surface area contributed by atoms with Crippen molar-refractivity contribution in [2.75, 3.05) is 26.7 Å². The number of benzene rings is 1. The highest BCUT2D eigenvalue weighted by molar-refractivity contribution is 5.80. The van der Waals surface area contributed by atoms with Crippen LogP contribution in [0.2, 0.25) is 0 Å². The highest BCUT2D eigenvalue weighted by Crippen LogP contribution is 2.14. The molecule has 0 bridgehead atoms. The molecule has 0 atom stereocenters. The van der Waals surface area contributed by atoms with Gasteiger partial charge in [-0.15, -0.1) is 0 Å². The van der Waals surface area contributed by atoms with Crippen LogP contribution in [-0.4, -0.2) is 42.1 Å². The Balaban J connectivity index is 1.69. The van der Waals surface area contributed by atoms with E-state index >= 15 is 0 Å². The molecule has 1 N–H and O–H groups in total. The van der Waals surface area contributed by atoms with Crippen molar-refractivity contribution in [3.8, 4) is 0 Å². The van der Waals surface area contributed by atoms with E-state index in [9.17, 15) is 4.79 Å². The number of unbranched alkanes of at least 4 members (excludes halogenated alkanes) is 1. The molecule has 120 valence electrons. The maximum atomic E-state index is 11.9. The summed E-state index contributed by atoms with van der Waals surface area (Å²) in [6.45, 7) is 5.57. The van der Waals surface area contributed by atoms with E-state index in [1.54, 1.807) is 0 Å². The van der Waals surface area contributed by atoms with Crippen molar-refractivity contribution in [1.82, 2.24) is 14.8 Å². The van der Waals surface area contributed by atoms with Crippen LogP contribution in [-0.2, 0) is 11.3 Å². The van der Waals surface area contributed by atoms with Gasteiger partial charge in [-0.2, -0.15) is 0 Å². The molecule has 1 heterocycles. The molecule has 2 aromatic rings. The monoisotopic (exact) mass is 301 g/mol. The summed E-state index contributed by atoms with van der Waals surface area (Å²) in [5.41, 5.74) is 1.22. The maximum absolute atomic E-state index is 11.9. The fourth-order valence-electron chi connectivity index (χ4n) is 2.57. The third-order valence-corrected chi connectivity index (χ3v) is 3.97. The first kappa shape index (κ1) is 16.6. The molecule has 0 unspecified atom stereocenters. The second kappa shape index (κ2) is 8.59. The number of fused-ring (bicyclic) bond motifs is 1. The van der Waals surface area contributed by atoms with E-state index in [0.29, 0.717) is 13.0 Å². The maximum Gasteiger partial charge on any atom is 0.221 e. The fourth-order valence-corrected chi connectivity index (χ4v) is 2.57. The van der Waals surface area contributed by atoms with Crippen molar-refractivity contribution in [1.29, 1.82) is 0 Å². The summed E-state index contributed by atoms with van der Waals surface area (Å²) in [7, 11) is 2.08. The van der Waals surface area contributed by atoms with Gasteiger partial charge in [-0.05, 0) is 37.5 Å². The Hall–Kier alpha value is -1.81.